The van der Waals surface area contributed by atoms with Gasteiger partial charge in [0.05, 0.1) is 23.3 Å². The molecule has 24 heavy (non-hydrogen) atoms. The van der Waals surface area contributed by atoms with Gasteiger partial charge in [-0.1, -0.05) is 30.3 Å². The van der Waals surface area contributed by atoms with E-state index in [9.17, 15) is 18.5 Å². The largest absolute Gasteiger partial charge is 0.373 e. The smallest absolute Gasteiger partial charge is 0.289 e. The van der Waals surface area contributed by atoms with E-state index < -0.39 is 20.6 Å². The summed E-state index contributed by atoms with van der Waals surface area (Å²) in [5.74, 6) is 0. The number of para-hydroxylation sites is 2. The van der Waals surface area contributed by atoms with Gasteiger partial charge >= 0.3 is 0 Å². The van der Waals surface area contributed by atoms with Crippen LogP contribution in [0.2, 0.25) is 0 Å². The second-order valence-corrected chi connectivity index (χ2v) is 7.21. The maximum atomic E-state index is 13.1. The molecule has 126 valence electrons. The summed E-state index contributed by atoms with van der Waals surface area (Å²) >= 11 is 0. The molecule has 1 aliphatic rings. The van der Waals surface area contributed by atoms with Gasteiger partial charge in [0.2, 0.25) is 0 Å². The van der Waals surface area contributed by atoms with E-state index in [1.807, 2.05) is 0 Å². The highest BCUT2D eigenvalue weighted by molar-refractivity contribution is 7.93. The summed E-state index contributed by atoms with van der Waals surface area (Å²) in [6.45, 7) is 0.817. The number of nitrogens with zero attached hydrogens (tertiary/aromatic N) is 2. The highest BCUT2D eigenvalue weighted by Gasteiger charge is 2.33. The molecule has 1 fully saturated rings. The maximum Gasteiger partial charge on any atom is 0.289 e. The minimum Gasteiger partial charge on any atom is -0.373 e. The first-order chi connectivity index (χ1) is 11.5. The van der Waals surface area contributed by atoms with Gasteiger partial charge in [-0.3, -0.25) is 14.4 Å². The summed E-state index contributed by atoms with van der Waals surface area (Å²) in [5.41, 5.74) is 0.0393. The number of benzene rings is 2. The van der Waals surface area contributed by atoms with E-state index in [2.05, 4.69) is 0 Å². The monoisotopic (exact) mass is 348 g/mol. The van der Waals surface area contributed by atoms with Gasteiger partial charge in [0.25, 0.3) is 15.7 Å². The van der Waals surface area contributed by atoms with Gasteiger partial charge in [-0.2, -0.15) is 0 Å². The van der Waals surface area contributed by atoms with Gasteiger partial charge in [0.15, 0.2) is 4.90 Å². The number of hydrogen-bond donors (Lipinski definition) is 0. The molecule has 2 aromatic carbocycles. The van der Waals surface area contributed by atoms with Crippen LogP contribution in [0.25, 0.3) is 0 Å². The van der Waals surface area contributed by atoms with Gasteiger partial charge < -0.3 is 4.74 Å². The van der Waals surface area contributed by atoms with Crippen LogP contribution in [0.5, 0.6) is 0 Å². The lowest BCUT2D eigenvalue weighted by molar-refractivity contribution is -0.387. The van der Waals surface area contributed by atoms with E-state index in [0.717, 1.165) is 0 Å². The molecule has 1 saturated heterocycles. The predicted molar refractivity (Wildman–Crippen MR) is 88.4 cm³/mol. The predicted octanol–water partition coefficient (Wildman–Crippen LogP) is 2.58. The van der Waals surface area contributed by atoms with E-state index in [1.165, 1.54) is 28.6 Å². The second kappa shape index (κ2) is 6.58. The van der Waals surface area contributed by atoms with E-state index in [1.54, 1.807) is 30.3 Å². The number of ether oxygens (including phenoxy) is 1. The quantitative estimate of drug-likeness (QED) is 0.435. The Balaban J connectivity index is 2.03. The number of nitro groups is 1. The average Bonchev–Trinajstić information content (AvgIpc) is 3.40. The lowest BCUT2D eigenvalue weighted by atomic mass is 10.3. The first kappa shape index (κ1) is 16.4. The Morgan fingerprint density at radius 1 is 1.12 bits per heavy atom. The van der Waals surface area contributed by atoms with Crippen LogP contribution in [0.15, 0.2) is 59.5 Å². The third kappa shape index (κ3) is 3.39. The van der Waals surface area contributed by atoms with Crippen molar-refractivity contribution >= 4 is 21.4 Å². The molecule has 1 unspecified atom stereocenters. The molecular formula is C16H16N2O5S. The van der Waals surface area contributed by atoms with Crippen LogP contribution < -0.4 is 4.31 Å². The SMILES string of the molecule is O=[N+]([O-])c1ccccc1S(=O)(=O)N(CCC1CO1)c1ccccc1. The molecule has 0 N–H and O–H groups in total. The van der Waals surface area contributed by atoms with Crippen LogP contribution in [0.1, 0.15) is 6.42 Å². The zero-order chi connectivity index (χ0) is 17.2. The fourth-order valence-corrected chi connectivity index (χ4v) is 4.06. The fraction of sp³-hybridized carbons (Fsp3) is 0.250. The summed E-state index contributed by atoms with van der Waals surface area (Å²) in [7, 11) is -4.06. The Kier molecular flexibility index (Phi) is 4.50. The Bertz CT molecular complexity index is 835. The molecule has 0 radical (unpaired) electrons. The van der Waals surface area contributed by atoms with E-state index in [0.29, 0.717) is 18.7 Å². The first-order valence-electron chi connectivity index (χ1n) is 7.43. The topological polar surface area (TPSA) is 93.0 Å². The zero-order valence-corrected chi connectivity index (χ0v) is 13.6. The maximum absolute atomic E-state index is 13.1. The van der Waals surface area contributed by atoms with E-state index >= 15 is 0 Å². The summed E-state index contributed by atoms with van der Waals surface area (Å²) in [5, 5.41) is 11.2. The molecule has 0 saturated carbocycles. The highest BCUT2D eigenvalue weighted by atomic mass is 32.2. The molecule has 2 aromatic rings. The number of anilines is 1. The van der Waals surface area contributed by atoms with Crippen LogP contribution in [0, 0.1) is 10.1 Å². The Morgan fingerprint density at radius 3 is 2.38 bits per heavy atom. The molecule has 1 aliphatic heterocycles. The molecule has 8 heteroatoms. The van der Waals surface area contributed by atoms with Crippen molar-refractivity contribution in [2.75, 3.05) is 17.5 Å². The Morgan fingerprint density at radius 2 is 1.75 bits per heavy atom. The van der Waals surface area contributed by atoms with Crippen molar-refractivity contribution in [3.8, 4) is 0 Å². The Labute approximate surface area is 139 Å². The molecule has 0 bridgehead atoms. The van der Waals surface area contributed by atoms with Crippen LogP contribution in [-0.4, -0.2) is 32.6 Å². The molecule has 1 atom stereocenters. The Hall–Kier alpha value is -2.45. The van der Waals surface area contributed by atoms with Crippen molar-refractivity contribution in [2.45, 2.75) is 17.4 Å². The van der Waals surface area contributed by atoms with Crippen molar-refractivity contribution in [1.82, 2.24) is 0 Å². The first-order valence-corrected chi connectivity index (χ1v) is 8.87. The number of nitro benzene ring substituents is 1. The van der Waals surface area contributed by atoms with Crippen LogP contribution in [-0.2, 0) is 14.8 Å². The van der Waals surface area contributed by atoms with Gasteiger partial charge in [0, 0.05) is 12.6 Å². The standard InChI is InChI=1S/C16H16N2O5S/c19-18(20)15-8-4-5-9-16(15)24(21,22)17(11-10-14-12-23-14)13-6-2-1-3-7-13/h1-9,14H,10-12H2. The average molecular weight is 348 g/mol. The number of rotatable bonds is 7. The normalized spacial score (nSPS) is 16.6. The highest BCUT2D eigenvalue weighted by Crippen LogP contribution is 2.30. The molecule has 0 spiro atoms. The van der Waals surface area contributed by atoms with Crippen molar-refractivity contribution in [1.29, 1.82) is 0 Å². The van der Waals surface area contributed by atoms with Crippen molar-refractivity contribution in [3.63, 3.8) is 0 Å². The lowest BCUT2D eigenvalue weighted by Crippen LogP contribution is -2.33. The number of hydrogen-bond acceptors (Lipinski definition) is 5. The van der Waals surface area contributed by atoms with Gasteiger partial charge in [0.1, 0.15) is 0 Å². The van der Waals surface area contributed by atoms with Crippen LogP contribution >= 0.6 is 0 Å². The molecular weight excluding hydrogens is 332 g/mol. The van der Waals surface area contributed by atoms with Gasteiger partial charge in [-0.05, 0) is 24.6 Å². The molecule has 0 amide bonds. The second-order valence-electron chi connectivity index (χ2n) is 5.38. The van der Waals surface area contributed by atoms with Crippen molar-refractivity contribution < 1.29 is 18.1 Å². The van der Waals surface area contributed by atoms with Gasteiger partial charge in [-0.25, -0.2) is 8.42 Å². The lowest BCUT2D eigenvalue weighted by Gasteiger charge is -2.24. The third-order valence-electron chi connectivity index (χ3n) is 3.73. The van der Waals surface area contributed by atoms with Crippen molar-refractivity contribution in [3.05, 3.63) is 64.7 Å². The summed E-state index contributed by atoms with van der Waals surface area (Å²) in [6, 6.07) is 13.9. The fourth-order valence-electron chi connectivity index (χ4n) is 2.42. The summed E-state index contributed by atoms with van der Waals surface area (Å²) in [6.07, 6.45) is 0.589. The minimum absolute atomic E-state index is 0.0529. The molecule has 7 nitrogen and oxygen atoms in total. The van der Waals surface area contributed by atoms with Crippen LogP contribution in [0.4, 0.5) is 11.4 Å². The molecule has 0 aromatic heterocycles. The van der Waals surface area contributed by atoms with Crippen LogP contribution in [0.3, 0.4) is 0 Å². The number of epoxide rings is 1. The molecule has 0 aliphatic carbocycles. The third-order valence-corrected chi connectivity index (χ3v) is 5.61. The van der Waals surface area contributed by atoms with Gasteiger partial charge in [-0.15, -0.1) is 0 Å². The van der Waals surface area contributed by atoms with E-state index in [-0.39, 0.29) is 17.5 Å². The summed E-state index contributed by atoms with van der Waals surface area (Å²) < 4.78 is 32.5. The zero-order valence-electron chi connectivity index (χ0n) is 12.7. The summed E-state index contributed by atoms with van der Waals surface area (Å²) in [4.78, 5) is 10.2. The number of sulfonamides is 1. The van der Waals surface area contributed by atoms with E-state index in [4.69, 9.17) is 4.74 Å². The van der Waals surface area contributed by atoms with Crippen molar-refractivity contribution in [2.24, 2.45) is 0 Å². The minimum atomic E-state index is -4.06. The molecule has 3 rings (SSSR count). The molecule has 1 heterocycles.